The van der Waals surface area contributed by atoms with Gasteiger partial charge in [-0.3, -0.25) is 9.59 Å². The molecule has 2 aromatic rings. The molecule has 2 aromatic carbocycles. The highest BCUT2D eigenvalue weighted by Crippen LogP contribution is 2.36. The molecule has 1 amide bonds. The van der Waals surface area contributed by atoms with E-state index >= 15 is 0 Å². The molecule has 0 unspecified atom stereocenters. The third-order valence-electron chi connectivity index (χ3n) is 4.77. The molecule has 27 heavy (non-hydrogen) atoms. The monoisotopic (exact) mass is 371 g/mol. The second kappa shape index (κ2) is 8.31. The molecule has 1 N–H and O–H groups in total. The molecule has 3 atom stereocenters. The van der Waals surface area contributed by atoms with E-state index in [-0.39, 0.29) is 13.2 Å². The number of halogens is 1. The second-order valence-electron chi connectivity index (χ2n) is 6.58. The second-order valence-corrected chi connectivity index (χ2v) is 6.58. The van der Waals surface area contributed by atoms with Crippen LogP contribution >= 0.6 is 0 Å². The molecule has 6 heteroatoms. The van der Waals surface area contributed by atoms with Gasteiger partial charge >= 0.3 is 5.97 Å². The maximum absolute atomic E-state index is 13.3. The zero-order valence-corrected chi connectivity index (χ0v) is 15.0. The number of benzene rings is 2. The number of nitrogens with zero attached hydrogens (tertiary/aromatic N) is 1. The zero-order valence-electron chi connectivity index (χ0n) is 15.0. The van der Waals surface area contributed by atoms with Crippen molar-refractivity contribution in [1.29, 1.82) is 0 Å². The van der Waals surface area contributed by atoms with E-state index < -0.39 is 35.6 Å². The fourth-order valence-corrected chi connectivity index (χ4v) is 3.53. The molecule has 5 nitrogen and oxygen atoms in total. The Hall–Kier alpha value is -2.73. The van der Waals surface area contributed by atoms with Crippen LogP contribution in [-0.4, -0.2) is 41.1 Å². The van der Waals surface area contributed by atoms with Crippen molar-refractivity contribution in [3.8, 4) is 0 Å². The van der Waals surface area contributed by atoms with Gasteiger partial charge in [0, 0.05) is 19.0 Å². The molecule has 1 saturated heterocycles. The number of hydrogen-bond donors (Lipinski definition) is 1. The topological polar surface area (TPSA) is 66.8 Å². The Bertz CT molecular complexity index is 794. The number of hydrogen-bond acceptors (Lipinski definition) is 4. The van der Waals surface area contributed by atoms with Crippen molar-refractivity contribution >= 4 is 11.9 Å². The number of amides is 1. The molecule has 1 heterocycles. The van der Waals surface area contributed by atoms with Crippen LogP contribution in [0.5, 0.6) is 0 Å². The van der Waals surface area contributed by atoms with Gasteiger partial charge in [0.2, 0.25) is 5.91 Å². The van der Waals surface area contributed by atoms with E-state index in [0.717, 1.165) is 5.56 Å². The Morgan fingerprint density at radius 2 is 1.85 bits per heavy atom. The summed E-state index contributed by atoms with van der Waals surface area (Å²) in [6.07, 6.45) is -0.966. The van der Waals surface area contributed by atoms with Crippen molar-refractivity contribution in [2.45, 2.75) is 25.5 Å². The quantitative estimate of drug-likeness (QED) is 0.648. The molecule has 0 aliphatic carbocycles. The molecule has 0 spiro atoms. The van der Waals surface area contributed by atoms with Crippen molar-refractivity contribution in [2.75, 3.05) is 13.2 Å². The van der Waals surface area contributed by atoms with Gasteiger partial charge < -0.3 is 14.7 Å². The van der Waals surface area contributed by atoms with Gasteiger partial charge in [-0.15, -0.1) is 0 Å². The first kappa shape index (κ1) is 19.0. The lowest BCUT2D eigenvalue weighted by atomic mass is 9.78. The zero-order chi connectivity index (χ0) is 19.4. The van der Waals surface area contributed by atoms with Crippen LogP contribution in [0.1, 0.15) is 24.0 Å². The summed E-state index contributed by atoms with van der Waals surface area (Å²) in [5.74, 6) is -3.42. The van der Waals surface area contributed by atoms with E-state index in [1.54, 1.807) is 6.92 Å². The average molecular weight is 371 g/mol. The summed E-state index contributed by atoms with van der Waals surface area (Å²) in [5.41, 5.74) is 1.44. The first-order chi connectivity index (χ1) is 13.0. The van der Waals surface area contributed by atoms with Crippen molar-refractivity contribution in [2.24, 2.45) is 5.92 Å². The Balaban J connectivity index is 1.92. The summed E-state index contributed by atoms with van der Waals surface area (Å²) in [5, 5.41) is 10.8. The maximum Gasteiger partial charge on any atom is 0.319 e. The van der Waals surface area contributed by atoms with Crippen LogP contribution in [-0.2, 0) is 20.9 Å². The number of carbonyl (C=O) groups is 2. The van der Waals surface area contributed by atoms with Gasteiger partial charge in [0.1, 0.15) is 11.7 Å². The third kappa shape index (κ3) is 4.17. The van der Waals surface area contributed by atoms with Crippen molar-refractivity contribution < 1.29 is 23.8 Å². The van der Waals surface area contributed by atoms with Crippen LogP contribution < -0.4 is 0 Å². The SMILES string of the molecule is CCOC(=O)[C@@H]1C(=O)N(Cc2ccccc2)C[C@@H](O)[C@H]1c1ccc(F)cc1. The highest BCUT2D eigenvalue weighted by atomic mass is 19.1. The molecule has 142 valence electrons. The summed E-state index contributed by atoms with van der Waals surface area (Å²) < 4.78 is 18.4. The molecule has 1 aliphatic rings. The number of esters is 1. The number of piperidine rings is 1. The lowest BCUT2D eigenvalue weighted by Gasteiger charge is -2.40. The van der Waals surface area contributed by atoms with Crippen LogP contribution in [0.4, 0.5) is 4.39 Å². The van der Waals surface area contributed by atoms with Crippen molar-refractivity contribution in [3.63, 3.8) is 0 Å². The molecule has 3 rings (SSSR count). The lowest BCUT2D eigenvalue weighted by Crippen LogP contribution is -2.54. The molecular formula is C21H22FNO4. The van der Waals surface area contributed by atoms with Crippen LogP contribution in [0.15, 0.2) is 54.6 Å². The van der Waals surface area contributed by atoms with Crippen molar-refractivity contribution in [3.05, 3.63) is 71.5 Å². The number of aliphatic hydroxyl groups is 1. The van der Waals surface area contributed by atoms with Gasteiger partial charge in [-0.25, -0.2) is 4.39 Å². The van der Waals surface area contributed by atoms with E-state index in [1.165, 1.54) is 29.2 Å². The smallest absolute Gasteiger partial charge is 0.319 e. The number of carbonyl (C=O) groups excluding carboxylic acids is 2. The van der Waals surface area contributed by atoms with Crippen LogP contribution in [0, 0.1) is 11.7 Å². The highest BCUT2D eigenvalue weighted by Gasteiger charge is 2.47. The minimum absolute atomic E-state index is 0.0890. The standard InChI is InChI=1S/C21H22FNO4/c1-2-27-21(26)19-18(15-8-10-16(22)11-9-15)17(24)13-23(20(19)25)12-14-6-4-3-5-7-14/h3-11,17-19,24H,2,12-13H2,1H3/t17-,18-,19+/m1/s1. The Morgan fingerprint density at radius 1 is 1.19 bits per heavy atom. The number of likely N-dealkylation sites (tertiary alicyclic amines) is 1. The predicted octanol–water partition coefficient (Wildman–Crippen LogP) is 2.49. The molecule has 0 bridgehead atoms. The average Bonchev–Trinajstić information content (AvgIpc) is 2.66. The minimum atomic E-state index is -1.16. The number of rotatable bonds is 5. The summed E-state index contributed by atoms with van der Waals surface area (Å²) in [6, 6.07) is 14.9. The predicted molar refractivity (Wildman–Crippen MR) is 97.1 cm³/mol. The minimum Gasteiger partial charge on any atom is -0.465 e. The van der Waals surface area contributed by atoms with E-state index in [9.17, 15) is 19.1 Å². The van der Waals surface area contributed by atoms with Gasteiger partial charge in [-0.1, -0.05) is 42.5 Å². The van der Waals surface area contributed by atoms with E-state index in [2.05, 4.69) is 0 Å². The molecular weight excluding hydrogens is 349 g/mol. The van der Waals surface area contributed by atoms with Gasteiger partial charge in [0.25, 0.3) is 0 Å². The van der Waals surface area contributed by atoms with Gasteiger partial charge in [-0.05, 0) is 30.2 Å². The van der Waals surface area contributed by atoms with Gasteiger partial charge in [-0.2, -0.15) is 0 Å². The number of ether oxygens (including phenoxy) is 1. The molecule has 0 saturated carbocycles. The maximum atomic E-state index is 13.3. The Labute approximate surface area is 157 Å². The molecule has 0 aromatic heterocycles. The summed E-state index contributed by atoms with van der Waals surface area (Å²) in [4.78, 5) is 27.1. The van der Waals surface area contributed by atoms with Crippen LogP contribution in [0.25, 0.3) is 0 Å². The van der Waals surface area contributed by atoms with E-state index in [1.807, 2.05) is 30.3 Å². The summed E-state index contributed by atoms with van der Waals surface area (Å²) >= 11 is 0. The van der Waals surface area contributed by atoms with Crippen molar-refractivity contribution in [1.82, 2.24) is 4.90 Å². The molecule has 0 radical (unpaired) electrons. The first-order valence-corrected chi connectivity index (χ1v) is 8.94. The molecule has 1 fully saturated rings. The summed E-state index contributed by atoms with van der Waals surface area (Å²) in [6.45, 7) is 2.18. The van der Waals surface area contributed by atoms with Gasteiger partial charge in [0.05, 0.1) is 12.7 Å². The first-order valence-electron chi connectivity index (χ1n) is 8.94. The van der Waals surface area contributed by atoms with Gasteiger partial charge in [0.15, 0.2) is 0 Å². The lowest BCUT2D eigenvalue weighted by molar-refractivity contribution is -0.163. The highest BCUT2D eigenvalue weighted by molar-refractivity contribution is 5.99. The largest absolute Gasteiger partial charge is 0.465 e. The van der Waals surface area contributed by atoms with E-state index in [4.69, 9.17) is 4.74 Å². The fraction of sp³-hybridized carbons (Fsp3) is 0.333. The van der Waals surface area contributed by atoms with Crippen LogP contribution in [0.2, 0.25) is 0 Å². The normalized spacial score (nSPS) is 22.6. The number of β-amino-alcohol motifs (C(OH)–C–C–N with tert-alkyl or cyclic N) is 1. The fourth-order valence-electron chi connectivity index (χ4n) is 3.53. The van der Waals surface area contributed by atoms with E-state index in [0.29, 0.717) is 12.1 Å². The summed E-state index contributed by atoms with van der Waals surface area (Å²) in [7, 11) is 0. The molecule has 1 aliphatic heterocycles. The Morgan fingerprint density at radius 3 is 2.48 bits per heavy atom. The third-order valence-corrected chi connectivity index (χ3v) is 4.77. The Kier molecular flexibility index (Phi) is 5.86. The number of aliphatic hydroxyl groups excluding tert-OH is 1. The van der Waals surface area contributed by atoms with Crippen LogP contribution in [0.3, 0.4) is 0 Å².